The number of primary amides is 1. The van der Waals surface area contributed by atoms with E-state index >= 15 is 0 Å². The second-order valence-electron chi connectivity index (χ2n) is 17.3. The van der Waals surface area contributed by atoms with E-state index in [1.165, 1.54) is 20.8 Å². The van der Waals surface area contributed by atoms with Crippen molar-refractivity contribution in [2.24, 2.45) is 23.1 Å². The maximum absolute atomic E-state index is 13.8. The molecule has 31 heteroatoms. The lowest BCUT2D eigenvalue weighted by Gasteiger charge is -2.30. The van der Waals surface area contributed by atoms with E-state index in [0.717, 1.165) is 4.90 Å². The van der Waals surface area contributed by atoms with Crippen molar-refractivity contribution >= 4 is 82.9 Å². The van der Waals surface area contributed by atoms with Crippen molar-refractivity contribution in [3.63, 3.8) is 0 Å². The molecule has 1 aliphatic heterocycles. The van der Waals surface area contributed by atoms with Crippen LogP contribution in [-0.4, -0.2) is 194 Å². The Bertz CT molecular complexity index is 2040. The number of carbonyl (C=O) groups is 14. The van der Waals surface area contributed by atoms with Gasteiger partial charge in [-0.05, 0) is 64.3 Å². The van der Waals surface area contributed by atoms with Crippen molar-refractivity contribution in [3.8, 4) is 0 Å². The molecule has 0 unspecified atom stereocenters. The first-order valence-corrected chi connectivity index (χ1v) is 23.1. The first-order valence-electron chi connectivity index (χ1n) is 23.1. The fourth-order valence-electron chi connectivity index (χ4n) is 6.99. The van der Waals surface area contributed by atoms with E-state index in [2.05, 4.69) is 37.2 Å². The molecule has 0 aromatic carbocycles. The number of aliphatic hydroxyl groups is 1. The Morgan fingerprint density at radius 3 is 1.70 bits per heavy atom. The molecule has 1 saturated heterocycles. The topological polar surface area (TPSA) is 518 Å². The normalized spacial score (nSPS) is 16.3. The largest absolute Gasteiger partial charge is 0.481 e. The van der Waals surface area contributed by atoms with Gasteiger partial charge in [-0.3, -0.25) is 62.3 Å². The number of nitrogens with two attached hydrogens (primary N) is 3. The number of aliphatic carboxylic acids is 4. The number of hydrogen-bond acceptors (Lipinski definition) is 17. The molecule has 1 rings (SSSR count). The van der Waals surface area contributed by atoms with Crippen molar-refractivity contribution in [2.75, 3.05) is 26.2 Å². The number of nitrogens with zero attached hydrogens (tertiary/aromatic N) is 1. The SMILES string of the molecule is CC(C)[C@H](NC(=O)[C@H](CC(=O)O)NC(=O)CNC(=O)[C@H](CCC(N)=O)NC(=O)[C@H](CC(=O)O)NC(=O)[C@@H](N)CO)C(=O)N[C@@H](C)C(=O)N[C@@H](CCC(=O)O)C(=O)N1CCC[C@H]1C(=O)N[C@@H](CCCCN)C(=O)O. The molecule has 19 N–H and O–H groups in total. The third kappa shape index (κ3) is 23.0. The van der Waals surface area contributed by atoms with Crippen molar-refractivity contribution in [2.45, 2.75) is 146 Å². The molecule has 73 heavy (non-hydrogen) atoms. The summed E-state index contributed by atoms with van der Waals surface area (Å²) < 4.78 is 0. The van der Waals surface area contributed by atoms with Gasteiger partial charge in [-0.1, -0.05) is 13.8 Å². The molecule has 9 atom stereocenters. The zero-order valence-corrected chi connectivity index (χ0v) is 40.5. The zero-order valence-electron chi connectivity index (χ0n) is 40.5. The summed E-state index contributed by atoms with van der Waals surface area (Å²) in [6, 6.07) is -14.0. The van der Waals surface area contributed by atoms with Gasteiger partial charge in [0.05, 0.1) is 26.0 Å². The molecule has 0 saturated carbocycles. The van der Waals surface area contributed by atoms with E-state index in [0.29, 0.717) is 25.8 Å². The Labute approximate surface area is 417 Å². The van der Waals surface area contributed by atoms with Crippen LogP contribution in [0.5, 0.6) is 0 Å². The van der Waals surface area contributed by atoms with E-state index in [-0.39, 0.29) is 19.4 Å². The zero-order chi connectivity index (χ0) is 55.7. The molecule has 410 valence electrons. The molecule has 0 aromatic rings. The van der Waals surface area contributed by atoms with Crippen LogP contribution in [-0.2, 0) is 67.1 Å². The van der Waals surface area contributed by atoms with Crippen LogP contribution in [0.2, 0.25) is 0 Å². The lowest BCUT2D eigenvalue weighted by atomic mass is 10.0. The van der Waals surface area contributed by atoms with E-state index in [1.54, 1.807) is 0 Å². The van der Waals surface area contributed by atoms with Crippen molar-refractivity contribution in [1.29, 1.82) is 0 Å². The average molecular weight is 1050 g/mol. The van der Waals surface area contributed by atoms with Crippen molar-refractivity contribution < 1.29 is 92.7 Å². The van der Waals surface area contributed by atoms with Crippen LogP contribution in [0.1, 0.15) is 91.4 Å². The van der Waals surface area contributed by atoms with Crippen LogP contribution in [0.15, 0.2) is 0 Å². The Morgan fingerprint density at radius 1 is 0.603 bits per heavy atom. The van der Waals surface area contributed by atoms with E-state index in [1.807, 2.05) is 5.32 Å². The summed E-state index contributed by atoms with van der Waals surface area (Å²) in [6.45, 7) is 2.51. The average Bonchev–Trinajstić information content (AvgIpc) is 3.81. The second-order valence-corrected chi connectivity index (χ2v) is 17.3. The van der Waals surface area contributed by atoms with Crippen molar-refractivity contribution in [1.82, 2.24) is 47.4 Å². The third-order valence-electron chi connectivity index (χ3n) is 11.0. The van der Waals surface area contributed by atoms with Gasteiger partial charge >= 0.3 is 23.9 Å². The van der Waals surface area contributed by atoms with Gasteiger partial charge in [-0.15, -0.1) is 0 Å². The summed E-state index contributed by atoms with van der Waals surface area (Å²) in [6.07, 6.45) is -2.84. The summed E-state index contributed by atoms with van der Waals surface area (Å²) in [5, 5.41) is 64.7. The summed E-state index contributed by atoms with van der Waals surface area (Å²) in [5.74, 6) is -17.2. The summed E-state index contributed by atoms with van der Waals surface area (Å²) in [7, 11) is 0. The number of hydrogen-bond donors (Lipinski definition) is 16. The molecule has 0 radical (unpaired) electrons. The molecule has 0 bridgehead atoms. The monoisotopic (exact) mass is 1040 g/mol. The van der Waals surface area contributed by atoms with Gasteiger partial charge in [-0.2, -0.15) is 0 Å². The molecule has 0 aliphatic carbocycles. The smallest absolute Gasteiger partial charge is 0.326 e. The Hall–Kier alpha value is -7.54. The summed E-state index contributed by atoms with van der Waals surface area (Å²) >= 11 is 0. The van der Waals surface area contributed by atoms with Gasteiger partial charge in [0.1, 0.15) is 54.4 Å². The third-order valence-corrected chi connectivity index (χ3v) is 11.0. The molecule has 31 nitrogen and oxygen atoms in total. The number of likely N-dealkylation sites (tertiary alicyclic amines) is 1. The molecule has 1 fully saturated rings. The van der Waals surface area contributed by atoms with Gasteiger partial charge in [0, 0.05) is 19.4 Å². The first kappa shape index (κ1) is 63.5. The predicted molar refractivity (Wildman–Crippen MR) is 247 cm³/mol. The van der Waals surface area contributed by atoms with Crippen molar-refractivity contribution in [3.05, 3.63) is 0 Å². The molecule has 1 heterocycles. The number of carbonyl (C=O) groups excluding carboxylic acids is 10. The Kier molecular flexibility index (Phi) is 27.6. The Morgan fingerprint density at radius 2 is 1.16 bits per heavy atom. The highest BCUT2D eigenvalue weighted by molar-refractivity contribution is 5.99. The number of aliphatic hydroxyl groups excluding tert-OH is 1. The van der Waals surface area contributed by atoms with E-state index < -0.39 is 195 Å². The minimum Gasteiger partial charge on any atom is -0.481 e. The Balaban J connectivity index is 3.15. The minimum absolute atomic E-state index is 0.00495. The van der Waals surface area contributed by atoms with E-state index in [9.17, 15) is 87.5 Å². The lowest BCUT2D eigenvalue weighted by Crippen LogP contribution is -2.60. The number of rotatable bonds is 34. The fraction of sp³-hybridized carbons (Fsp3) is 0.667. The maximum atomic E-state index is 13.8. The highest BCUT2D eigenvalue weighted by Gasteiger charge is 2.40. The number of carboxylic acid groups (broad SMARTS) is 4. The van der Waals surface area contributed by atoms with Crippen LogP contribution in [0.3, 0.4) is 0 Å². The molecule has 0 spiro atoms. The highest BCUT2D eigenvalue weighted by Crippen LogP contribution is 2.21. The molecule has 10 amide bonds. The van der Waals surface area contributed by atoms with E-state index in [4.69, 9.17) is 22.3 Å². The molecule has 1 aliphatic rings. The number of nitrogens with one attached hydrogen (secondary N) is 8. The van der Waals surface area contributed by atoms with Crippen LogP contribution >= 0.6 is 0 Å². The highest BCUT2D eigenvalue weighted by atomic mass is 16.4. The predicted octanol–water partition coefficient (Wildman–Crippen LogP) is -7.22. The van der Waals surface area contributed by atoms with Crippen LogP contribution in [0.25, 0.3) is 0 Å². The van der Waals surface area contributed by atoms with Gasteiger partial charge in [0.25, 0.3) is 0 Å². The van der Waals surface area contributed by atoms with Crippen LogP contribution < -0.4 is 59.7 Å². The van der Waals surface area contributed by atoms with Gasteiger partial charge in [0.15, 0.2) is 0 Å². The minimum atomic E-state index is -1.92. The number of amides is 10. The number of carboxylic acids is 4. The molecular weight excluding hydrogens is 977 g/mol. The van der Waals surface area contributed by atoms with Crippen LogP contribution in [0, 0.1) is 5.92 Å². The number of unbranched alkanes of at least 4 members (excludes halogenated alkanes) is 1. The standard InChI is InChI=1S/C42H68N12O19/c1-19(2)33(40(70)47-20(3)34(64)50-23(10-12-30(58)59)41(71)54-14-6-8-27(54)39(69)51-24(42(72)73)7-4-5-13-43)53-38(68)25(15-31(60)61)48-29(57)17-46-36(66)22(9-11-28(45)56)49-37(67)26(16-32(62)63)52-35(65)21(44)18-55/h19-27,33,55H,4-18,43-44H2,1-3H3,(H2,45,56)(H,46,66)(H,47,70)(H,48,57)(H,49,67)(H,50,64)(H,51,69)(H,52,65)(H,53,68)(H,58,59)(H,60,61)(H,62,63)(H,72,73)/t20-,21-,22-,23-,24-,25-,26-,27-,33-/m0/s1. The fourth-order valence-corrected chi connectivity index (χ4v) is 6.99. The second kappa shape index (κ2) is 31.7. The van der Waals surface area contributed by atoms with Crippen LogP contribution in [0.4, 0.5) is 0 Å². The summed E-state index contributed by atoms with van der Waals surface area (Å²) in [5.41, 5.74) is 16.1. The molecule has 0 aromatic heterocycles. The quantitative estimate of drug-likeness (QED) is 0.0266. The summed E-state index contributed by atoms with van der Waals surface area (Å²) in [4.78, 5) is 178. The maximum Gasteiger partial charge on any atom is 0.326 e. The van der Waals surface area contributed by atoms with Gasteiger partial charge in [0.2, 0.25) is 59.1 Å². The first-order chi connectivity index (χ1) is 34.1. The molecular formula is C42H68N12O19. The van der Waals surface area contributed by atoms with Gasteiger partial charge < -0.3 is 90.2 Å². The van der Waals surface area contributed by atoms with Gasteiger partial charge in [-0.25, -0.2) is 4.79 Å². The lowest BCUT2D eigenvalue weighted by molar-refractivity contribution is -0.145.